The van der Waals surface area contributed by atoms with Crippen molar-refractivity contribution in [1.82, 2.24) is 19.9 Å². The van der Waals surface area contributed by atoms with Crippen LogP contribution in [0.4, 0.5) is 0 Å². The van der Waals surface area contributed by atoms with Gasteiger partial charge in [0, 0.05) is 26.1 Å². The van der Waals surface area contributed by atoms with E-state index in [1.807, 2.05) is 36.1 Å². The van der Waals surface area contributed by atoms with Gasteiger partial charge in [0.1, 0.15) is 5.75 Å². The highest BCUT2D eigenvalue weighted by Crippen LogP contribution is 2.47. The molecule has 2 aliphatic rings. The summed E-state index contributed by atoms with van der Waals surface area (Å²) in [6, 6.07) is 8.15. The number of aromatic nitrogens is 2. The summed E-state index contributed by atoms with van der Waals surface area (Å²) in [5.41, 5.74) is 1.41. The summed E-state index contributed by atoms with van der Waals surface area (Å²) in [5, 5.41) is 3.95. The molecule has 7 nitrogen and oxygen atoms in total. The topological polar surface area (TPSA) is 71.7 Å². The van der Waals surface area contributed by atoms with Crippen LogP contribution in [0.2, 0.25) is 0 Å². The zero-order valence-electron chi connectivity index (χ0n) is 17.6. The van der Waals surface area contributed by atoms with Crippen molar-refractivity contribution in [2.24, 2.45) is 5.41 Å². The van der Waals surface area contributed by atoms with Gasteiger partial charge in [0.25, 0.3) is 0 Å². The molecule has 1 unspecified atom stereocenters. The van der Waals surface area contributed by atoms with Gasteiger partial charge >= 0.3 is 0 Å². The molecule has 1 aromatic carbocycles. The van der Waals surface area contributed by atoms with Crippen molar-refractivity contribution in [2.75, 3.05) is 33.8 Å². The Balaban J connectivity index is 1.29. The van der Waals surface area contributed by atoms with Gasteiger partial charge in [0.15, 0.2) is 5.82 Å². The molecule has 2 aliphatic heterocycles. The van der Waals surface area contributed by atoms with E-state index in [4.69, 9.17) is 9.26 Å². The Hall–Kier alpha value is -2.41. The fraction of sp³-hybridized carbons (Fsp3) is 0.591. The monoisotopic (exact) mass is 398 g/mol. The van der Waals surface area contributed by atoms with Crippen LogP contribution in [0.1, 0.15) is 49.0 Å². The lowest BCUT2D eigenvalue weighted by atomic mass is 9.76. The second kappa shape index (κ2) is 8.14. The third-order valence-electron chi connectivity index (χ3n) is 6.53. The molecule has 7 heteroatoms. The Kier molecular flexibility index (Phi) is 5.58. The number of hydrogen-bond acceptors (Lipinski definition) is 6. The molecule has 3 heterocycles. The molecule has 4 rings (SSSR count). The first-order chi connectivity index (χ1) is 14.0. The van der Waals surface area contributed by atoms with Crippen LogP contribution in [0, 0.1) is 12.3 Å². The zero-order chi connectivity index (χ0) is 20.4. The molecule has 2 fully saturated rings. The summed E-state index contributed by atoms with van der Waals surface area (Å²) in [6.45, 7) is 4.55. The maximum absolute atomic E-state index is 12.7. The van der Waals surface area contributed by atoms with E-state index in [0.717, 1.165) is 57.0 Å². The molecule has 0 radical (unpaired) electrons. The summed E-state index contributed by atoms with van der Waals surface area (Å²) in [6.07, 6.45) is 4.43. The van der Waals surface area contributed by atoms with E-state index in [2.05, 4.69) is 22.1 Å². The van der Waals surface area contributed by atoms with Gasteiger partial charge in [-0.15, -0.1) is 0 Å². The fourth-order valence-corrected chi connectivity index (χ4v) is 4.79. The molecule has 1 spiro atoms. The second-order valence-corrected chi connectivity index (χ2v) is 8.54. The lowest BCUT2D eigenvalue weighted by molar-refractivity contribution is -0.133. The predicted molar refractivity (Wildman–Crippen MR) is 109 cm³/mol. The van der Waals surface area contributed by atoms with Gasteiger partial charge in [-0.25, -0.2) is 0 Å². The molecule has 0 bridgehead atoms. The quantitative estimate of drug-likeness (QED) is 0.771. The first-order valence-corrected chi connectivity index (χ1v) is 10.4. The van der Waals surface area contributed by atoms with Crippen molar-refractivity contribution in [3.8, 4) is 5.75 Å². The zero-order valence-corrected chi connectivity index (χ0v) is 17.6. The summed E-state index contributed by atoms with van der Waals surface area (Å²) < 4.78 is 10.6. The van der Waals surface area contributed by atoms with E-state index >= 15 is 0 Å². The molecule has 2 saturated heterocycles. The lowest BCUT2D eigenvalue weighted by Gasteiger charge is -2.39. The lowest BCUT2D eigenvalue weighted by Crippen LogP contribution is -2.44. The highest BCUT2D eigenvalue weighted by atomic mass is 16.5. The molecule has 0 N–H and O–H groups in total. The highest BCUT2D eigenvalue weighted by Gasteiger charge is 2.46. The fourth-order valence-electron chi connectivity index (χ4n) is 4.79. The molecule has 156 valence electrons. The Morgan fingerprint density at radius 2 is 2.00 bits per heavy atom. The first-order valence-electron chi connectivity index (χ1n) is 10.4. The molecule has 0 aliphatic carbocycles. The number of amides is 1. The molecular weight excluding hydrogens is 368 g/mol. The van der Waals surface area contributed by atoms with Gasteiger partial charge in [-0.2, -0.15) is 4.98 Å². The minimum atomic E-state index is 0.188. The van der Waals surface area contributed by atoms with Crippen LogP contribution in [0.15, 0.2) is 28.8 Å². The van der Waals surface area contributed by atoms with Crippen molar-refractivity contribution < 1.29 is 14.1 Å². The third kappa shape index (κ3) is 4.29. The first kappa shape index (κ1) is 19.9. The Bertz CT molecular complexity index is 840. The molecular formula is C22H30N4O3. The van der Waals surface area contributed by atoms with Crippen LogP contribution in [-0.2, 0) is 11.2 Å². The maximum Gasteiger partial charge on any atom is 0.243 e. The summed E-state index contributed by atoms with van der Waals surface area (Å²) in [4.78, 5) is 21.5. The van der Waals surface area contributed by atoms with Crippen LogP contribution in [-0.4, -0.2) is 59.6 Å². The average molecular weight is 399 g/mol. The highest BCUT2D eigenvalue weighted by molar-refractivity contribution is 5.76. The van der Waals surface area contributed by atoms with Gasteiger partial charge in [-0.1, -0.05) is 17.3 Å². The largest absolute Gasteiger partial charge is 0.497 e. The molecule has 1 aromatic heterocycles. The number of hydrogen-bond donors (Lipinski definition) is 0. The Morgan fingerprint density at radius 3 is 2.62 bits per heavy atom. The average Bonchev–Trinajstić information content (AvgIpc) is 3.30. The van der Waals surface area contributed by atoms with Crippen LogP contribution < -0.4 is 4.74 Å². The molecule has 0 saturated carbocycles. The minimum Gasteiger partial charge on any atom is -0.497 e. The van der Waals surface area contributed by atoms with E-state index in [0.29, 0.717) is 12.2 Å². The number of carbonyl (C=O) groups excluding carboxylic acids is 1. The molecule has 29 heavy (non-hydrogen) atoms. The number of nitrogens with zero attached hydrogens (tertiary/aromatic N) is 4. The number of piperidine rings is 1. The number of carbonyl (C=O) groups is 1. The Labute approximate surface area is 172 Å². The number of ether oxygens (including phenoxy) is 1. The standard InChI is InChI=1S/C22H30N4O3/c1-16-23-21(29-24-16)19-14-22(15-25(19)2)10-12-26(13-11-22)20(27)9-6-17-4-7-18(28-3)8-5-17/h4-5,7-8,19H,6,9-15H2,1-3H3. The Morgan fingerprint density at radius 1 is 1.28 bits per heavy atom. The van der Waals surface area contributed by atoms with E-state index in [1.165, 1.54) is 5.56 Å². The number of aryl methyl sites for hydroxylation is 2. The van der Waals surface area contributed by atoms with E-state index < -0.39 is 0 Å². The smallest absolute Gasteiger partial charge is 0.243 e. The van der Waals surface area contributed by atoms with Crippen molar-refractivity contribution in [1.29, 1.82) is 0 Å². The van der Waals surface area contributed by atoms with Crippen molar-refractivity contribution in [2.45, 2.75) is 45.1 Å². The van der Waals surface area contributed by atoms with Crippen LogP contribution in [0.5, 0.6) is 5.75 Å². The van der Waals surface area contributed by atoms with Gasteiger partial charge in [-0.3, -0.25) is 9.69 Å². The SMILES string of the molecule is COc1ccc(CCC(=O)N2CCC3(CC2)CC(c2nc(C)no2)N(C)C3)cc1. The van der Waals surface area contributed by atoms with Gasteiger partial charge < -0.3 is 14.2 Å². The molecule has 1 atom stereocenters. The van der Waals surface area contributed by atoms with Gasteiger partial charge in [0.2, 0.25) is 11.8 Å². The maximum atomic E-state index is 12.7. The van der Waals surface area contributed by atoms with Crippen molar-refractivity contribution in [3.63, 3.8) is 0 Å². The molecule has 2 aromatic rings. The summed E-state index contributed by atoms with van der Waals surface area (Å²) in [7, 11) is 3.79. The van der Waals surface area contributed by atoms with E-state index in [1.54, 1.807) is 7.11 Å². The van der Waals surface area contributed by atoms with Crippen molar-refractivity contribution in [3.05, 3.63) is 41.5 Å². The van der Waals surface area contributed by atoms with Crippen LogP contribution in [0.25, 0.3) is 0 Å². The predicted octanol–water partition coefficient (Wildman–Crippen LogP) is 3.00. The van der Waals surface area contributed by atoms with Gasteiger partial charge in [0.05, 0.1) is 13.2 Å². The normalized spacial score (nSPS) is 21.6. The van der Waals surface area contributed by atoms with Gasteiger partial charge in [-0.05, 0) is 62.8 Å². The van der Waals surface area contributed by atoms with E-state index in [9.17, 15) is 4.79 Å². The van der Waals surface area contributed by atoms with Crippen molar-refractivity contribution >= 4 is 5.91 Å². The number of rotatable bonds is 5. The molecule has 1 amide bonds. The second-order valence-electron chi connectivity index (χ2n) is 8.54. The van der Waals surface area contributed by atoms with Crippen LogP contribution >= 0.6 is 0 Å². The number of benzene rings is 1. The van der Waals surface area contributed by atoms with E-state index in [-0.39, 0.29) is 17.4 Å². The number of methoxy groups -OCH3 is 1. The summed E-state index contributed by atoms with van der Waals surface area (Å²) >= 11 is 0. The van der Waals surface area contributed by atoms with Crippen LogP contribution in [0.3, 0.4) is 0 Å². The third-order valence-corrected chi connectivity index (χ3v) is 6.53. The summed E-state index contributed by atoms with van der Waals surface area (Å²) in [5.74, 6) is 2.51. The number of likely N-dealkylation sites (tertiary alicyclic amines) is 2. The minimum absolute atomic E-state index is 0.188.